The van der Waals surface area contributed by atoms with Gasteiger partial charge in [0, 0.05) is 32.7 Å². The zero-order chi connectivity index (χ0) is 19.9. The molecule has 2 fully saturated rings. The quantitative estimate of drug-likeness (QED) is 0.729. The van der Waals surface area contributed by atoms with E-state index in [2.05, 4.69) is 9.88 Å². The van der Waals surface area contributed by atoms with Crippen LogP contribution in [0.2, 0.25) is 5.02 Å². The number of para-hydroxylation sites is 1. The fourth-order valence-corrected chi connectivity index (χ4v) is 6.35. The number of sulfonamides is 1. The van der Waals surface area contributed by atoms with Crippen LogP contribution in [0.1, 0.15) is 19.3 Å². The Balaban J connectivity index is 1.44. The Morgan fingerprint density at radius 3 is 2.61 bits per heavy atom. The summed E-state index contributed by atoms with van der Waals surface area (Å²) in [7, 11) is -3.38. The number of piperazine rings is 1. The molecular formula is C18H23ClN4O3S2. The number of piperidine rings is 1. The first-order valence-corrected chi connectivity index (χ1v) is 12.4. The number of halogens is 1. The van der Waals surface area contributed by atoms with Crippen molar-refractivity contribution in [2.45, 2.75) is 25.3 Å². The molecule has 2 aromatic rings. The lowest BCUT2D eigenvalue weighted by atomic mass is 10.0. The van der Waals surface area contributed by atoms with E-state index in [9.17, 15) is 13.2 Å². The van der Waals surface area contributed by atoms with Crippen molar-refractivity contribution >= 4 is 54.2 Å². The van der Waals surface area contributed by atoms with Crippen LogP contribution in [0.5, 0.6) is 0 Å². The van der Waals surface area contributed by atoms with Gasteiger partial charge < -0.3 is 9.80 Å². The molecule has 10 heteroatoms. The maximum Gasteiger partial charge on any atom is 0.241 e. The van der Waals surface area contributed by atoms with Crippen molar-refractivity contribution in [2.75, 3.05) is 43.9 Å². The molecule has 0 N–H and O–H groups in total. The number of hydrogen-bond donors (Lipinski definition) is 0. The number of hydrogen-bond acceptors (Lipinski definition) is 6. The molecule has 1 amide bonds. The number of rotatable bonds is 3. The van der Waals surface area contributed by atoms with Crippen molar-refractivity contribution in [3.8, 4) is 0 Å². The van der Waals surface area contributed by atoms with Crippen LogP contribution in [0, 0.1) is 0 Å². The van der Waals surface area contributed by atoms with E-state index in [1.807, 2.05) is 18.2 Å². The van der Waals surface area contributed by atoms with Gasteiger partial charge in [0.05, 0.1) is 16.0 Å². The van der Waals surface area contributed by atoms with E-state index in [1.165, 1.54) is 10.6 Å². The van der Waals surface area contributed by atoms with Gasteiger partial charge in [0.1, 0.15) is 11.6 Å². The molecule has 1 atom stereocenters. The van der Waals surface area contributed by atoms with E-state index in [4.69, 9.17) is 11.6 Å². The lowest BCUT2D eigenvalue weighted by Crippen LogP contribution is -2.57. The van der Waals surface area contributed by atoms with Gasteiger partial charge in [-0.25, -0.2) is 13.4 Å². The molecule has 0 aliphatic carbocycles. The van der Waals surface area contributed by atoms with Crippen LogP contribution in [0.4, 0.5) is 5.13 Å². The highest BCUT2D eigenvalue weighted by Crippen LogP contribution is 2.33. The molecule has 4 rings (SSSR count). The predicted molar refractivity (Wildman–Crippen MR) is 113 cm³/mol. The Morgan fingerprint density at radius 2 is 1.93 bits per heavy atom. The molecule has 152 valence electrons. The van der Waals surface area contributed by atoms with E-state index in [0.29, 0.717) is 44.2 Å². The summed E-state index contributed by atoms with van der Waals surface area (Å²) in [6.07, 6.45) is 3.48. The summed E-state index contributed by atoms with van der Waals surface area (Å²) in [6.45, 7) is 2.92. The standard InChI is InChI=1S/C18H23ClN4O3S2/c1-28(25,26)23-8-3-2-6-14(23)17(24)21-9-11-22(12-10-21)18-20-16-13(19)5-4-7-15(16)27-18/h4-5,7,14H,2-3,6,8-12H2,1H3. The Kier molecular flexibility index (Phi) is 5.52. The molecule has 2 aliphatic rings. The Bertz CT molecular complexity index is 986. The van der Waals surface area contributed by atoms with Gasteiger partial charge >= 0.3 is 0 Å². The minimum absolute atomic E-state index is 0.0721. The highest BCUT2D eigenvalue weighted by Gasteiger charge is 2.37. The summed E-state index contributed by atoms with van der Waals surface area (Å²) in [4.78, 5) is 21.6. The minimum atomic E-state index is -3.38. The van der Waals surface area contributed by atoms with Crippen LogP contribution < -0.4 is 4.90 Å². The largest absolute Gasteiger partial charge is 0.345 e. The number of aromatic nitrogens is 1. The van der Waals surface area contributed by atoms with E-state index >= 15 is 0 Å². The lowest BCUT2D eigenvalue weighted by Gasteiger charge is -2.39. The molecule has 1 aromatic heterocycles. The van der Waals surface area contributed by atoms with E-state index in [1.54, 1.807) is 16.2 Å². The molecule has 0 radical (unpaired) electrons. The summed E-state index contributed by atoms with van der Waals surface area (Å²) < 4.78 is 26.5. The van der Waals surface area contributed by atoms with Crippen LogP contribution in [0.3, 0.4) is 0 Å². The van der Waals surface area contributed by atoms with Crippen LogP contribution in [-0.4, -0.2) is 73.5 Å². The lowest BCUT2D eigenvalue weighted by molar-refractivity contribution is -0.136. The molecule has 0 spiro atoms. The van der Waals surface area contributed by atoms with Gasteiger partial charge in [-0.3, -0.25) is 4.79 Å². The third-order valence-corrected chi connectivity index (χ3v) is 8.06. The average molecular weight is 443 g/mol. The van der Waals surface area contributed by atoms with Gasteiger partial charge in [0.25, 0.3) is 0 Å². The molecule has 1 aromatic carbocycles. The third-order valence-electron chi connectivity index (χ3n) is 5.39. The second kappa shape index (κ2) is 7.78. The number of carbonyl (C=O) groups is 1. The third kappa shape index (κ3) is 3.85. The summed E-state index contributed by atoms with van der Waals surface area (Å²) in [6, 6.07) is 5.20. The molecule has 2 aliphatic heterocycles. The number of thiazole rings is 1. The normalized spacial score (nSPS) is 22.0. The smallest absolute Gasteiger partial charge is 0.241 e. The first-order valence-electron chi connectivity index (χ1n) is 9.40. The molecule has 7 nitrogen and oxygen atoms in total. The maximum atomic E-state index is 13.0. The molecular weight excluding hydrogens is 420 g/mol. The number of carbonyl (C=O) groups excluding carboxylic acids is 1. The van der Waals surface area contributed by atoms with Gasteiger partial charge in [-0.1, -0.05) is 35.4 Å². The van der Waals surface area contributed by atoms with Crippen molar-refractivity contribution in [3.63, 3.8) is 0 Å². The zero-order valence-corrected chi connectivity index (χ0v) is 18.1. The first kappa shape index (κ1) is 19.9. The maximum absolute atomic E-state index is 13.0. The monoisotopic (exact) mass is 442 g/mol. The molecule has 2 saturated heterocycles. The Morgan fingerprint density at radius 1 is 1.18 bits per heavy atom. The number of anilines is 1. The fraction of sp³-hybridized carbons (Fsp3) is 0.556. The van der Waals surface area contributed by atoms with Gasteiger partial charge in [0.2, 0.25) is 15.9 Å². The topological polar surface area (TPSA) is 73.8 Å². The van der Waals surface area contributed by atoms with Crippen LogP contribution in [0.15, 0.2) is 18.2 Å². The van der Waals surface area contributed by atoms with Crippen molar-refractivity contribution in [3.05, 3.63) is 23.2 Å². The van der Waals surface area contributed by atoms with Crippen molar-refractivity contribution in [2.24, 2.45) is 0 Å². The average Bonchev–Trinajstić information content (AvgIpc) is 3.13. The predicted octanol–water partition coefficient (Wildman–Crippen LogP) is 2.41. The van der Waals surface area contributed by atoms with Gasteiger partial charge in [-0.05, 0) is 25.0 Å². The van der Waals surface area contributed by atoms with Gasteiger partial charge in [-0.2, -0.15) is 4.31 Å². The second-order valence-corrected chi connectivity index (χ2v) is 10.6. The van der Waals surface area contributed by atoms with E-state index < -0.39 is 16.1 Å². The Labute approximate surface area is 173 Å². The number of nitrogens with zero attached hydrogens (tertiary/aromatic N) is 4. The Hall–Kier alpha value is -1.42. The SMILES string of the molecule is CS(=O)(=O)N1CCCCC1C(=O)N1CCN(c2nc3c(Cl)cccc3s2)CC1. The van der Waals surface area contributed by atoms with Crippen molar-refractivity contribution in [1.82, 2.24) is 14.2 Å². The first-order chi connectivity index (χ1) is 13.3. The van der Waals surface area contributed by atoms with E-state index in [-0.39, 0.29) is 5.91 Å². The van der Waals surface area contributed by atoms with Crippen LogP contribution in [0.25, 0.3) is 10.2 Å². The van der Waals surface area contributed by atoms with Gasteiger partial charge in [-0.15, -0.1) is 0 Å². The number of benzene rings is 1. The van der Waals surface area contributed by atoms with Crippen molar-refractivity contribution in [1.29, 1.82) is 0 Å². The van der Waals surface area contributed by atoms with Gasteiger partial charge in [0.15, 0.2) is 5.13 Å². The van der Waals surface area contributed by atoms with Crippen LogP contribution in [-0.2, 0) is 14.8 Å². The summed E-state index contributed by atoms with van der Waals surface area (Å²) in [5.74, 6) is -0.0721. The number of amides is 1. The zero-order valence-electron chi connectivity index (χ0n) is 15.7. The molecule has 0 bridgehead atoms. The van der Waals surface area contributed by atoms with E-state index in [0.717, 1.165) is 28.2 Å². The summed E-state index contributed by atoms with van der Waals surface area (Å²) in [5, 5.41) is 1.55. The fourth-order valence-electron chi connectivity index (χ4n) is 3.92. The van der Waals surface area contributed by atoms with Crippen molar-refractivity contribution < 1.29 is 13.2 Å². The summed E-state index contributed by atoms with van der Waals surface area (Å²) in [5.41, 5.74) is 0.814. The highest BCUT2D eigenvalue weighted by atomic mass is 35.5. The van der Waals surface area contributed by atoms with Crippen LogP contribution >= 0.6 is 22.9 Å². The number of fused-ring (bicyclic) bond motifs is 1. The molecule has 3 heterocycles. The minimum Gasteiger partial charge on any atom is -0.345 e. The molecule has 0 saturated carbocycles. The second-order valence-electron chi connectivity index (χ2n) is 7.28. The highest BCUT2D eigenvalue weighted by molar-refractivity contribution is 7.88. The molecule has 1 unspecified atom stereocenters. The molecule has 28 heavy (non-hydrogen) atoms. The summed E-state index contributed by atoms with van der Waals surface area (Å²) >= 11 is 7.83.